The van der Waals surface area contributed by atoms with Crippen molar-refractivity contribution in [1.82, 2.24) is 0 Å². The van der Waals surface area contributed by atoms with Crippen LogP contribution in [0.15, 0.2) is 24.3 Å². The Morgan fingerprint density at radius 2 is 1.15 bits per heavy atom. The smallest absolute Gasteiger partial charge is 0.199 e. The van der Waals surface area contributed by atoms with E-state index in [9.17, 15) is 0 Å². The number of hydrogen-bond acceptors (Lipinski definition) is 0. The summed E-state index contributed by atoms with van der Waals surface area (Å²) in [5, 5.41) is 0. The van der Waals surface area contributed by atoms with Crippen molar-refractivity contribution in [2.45, 2.75) is 77.6 Å². The van der Waals surface area contributed by atoms with E-state index >= 15 is 0 Å². The molecule has 1 aromatic rings. The third-order valence-corrected chi connectivity index (χ3v) is 3.84. The first-order valence-corrected chi connectivity index (χ1v) is 8.24. The summed E-state index contributed by atoms with van der Waals surface area (Å²) in [7, 11) is 0. The molecule has 0 saturated carbocycles. The Morgan fingerprint density at radius 1 is 0.700 bits per heavy atom. The summed E-state index contributed by atoms with van der Waals surface area (Å²) in [5.74, 6) is 0. The molecule has 0 radical (unpaired) electrons. The van der Waals surface area contributed by atoms with E-state index < -0.39 is 0 Å². The first kappa shape index (κ1) is 19.7. The van der Waals surface area contributed by atoms with Crippen LogP contribution in [0.3, 0.4) is 0 Å². The van der Waals surface area contributed by atoms with E-state index in [-0.39, 0.29) is 18.9 Å². The number of hydrogen-bond donors (Lipinski definition) is 0. The average molecular weight is 266 g/mol. The Balaban J connectivity index is 0.00000361. The van der Waals surface area contributed by atoms with Crippen molar-refractivity contribution in [3.63, 3.8) is 0 Å². The molecular weight excluding hydrogens is 235 g/mol. The van der Waals surface area contributed by atoms with Gasteiger partial charge in [0.1, 0.15) is 0 Å². The fraction of sp³-hybridized carbons (Fsp3) is 0.632. The van der Waals surface area contributed by atoms with Crippen LogP contribution in [-0.4, -0.2) is 0 Å². The van der Waals surface area contributed by atoms with Crippen LogP contribution in [0, 0.1) is 6.92 Å². The molecule has 0 saturated heterocycles. The average Bonchev–Trinajstić information content (AvgIpc) is 2.43. The zero-order valence-electron chi connectivity index (χ0n) is 13.8. The summed E-state index contributed by atoms with van der Waals surface area (Å²) in [6, 6.07) is 8.67. The van der Waals surface area contributed by atoms with Crippen molar-refractivity contribution in [3.05, 3.63) is 42.3 Å². The quantitative estimate of drug-likeness (QED) is 0.327. The summed E-state index contributed by atoms with van der Waals surface area (Å²) in [6.45, 7) is 6.20. The Hall–Kier alpha value is -0.313. The van der Waals surface area contributed by atoms with Crippen molar-refractivity contribution in [1.29, 1.82) is 0 Å². The van der Waals surface area contributed by atoms with E-state index in [0.29, 0.717) is 0 Å². The number of aryl methyl sites for hydroxylation is 1. The maximum absolute atomic E-state index is 3.92. The van der Waals surface area contributed by atoms with Gasteiger partial charge in [0.2, 0.25) is 0 Å². The minimum Gasteiger partial charge on any atom is -0.199 e. The molecule has 0 fully saturated rings. The molecule has 1 aromatic carbocycles. The topological polar surface area (TPSA) is 0 Å². The van der Waals surface area contributed by atoms with Crippen LogP contribution in [0.1, 0.15) is 82.3 Å². The zero-order chi connectivity index (χ0) is 13.8. The SMILES string of the molecule is [CH2-]c1ccc(CCCCCCCCCCCC)cc1.[Li+]. The molecule has 1 rings (SSSR count). The maximum Gasteiger partial charge on any atom is 1.00 e. The van der Waals surface area contributed by atoms with Crippen LogP contribution >= 0.6 is 0 Å². The summed E-state index contributed by atoms with van der Waals surface area (Å²) in [4.78, 5) is 0. The number of rotatable bonds is 11. The van der Waals surface area contributed by atoms with E-state index in [4.69, 9.17) is 0 Å². The number of benzene rings is 1. The molecule has 0 amide bonds. The van der Waals surface area contributed by atoms with Crippen molar-refractivity contribution in [2.75, 3.05) is 0 Å². The molecule has 0 aromatic heterocycles. The van der Waals surface area contributed by atoms with E-state index in [1.807, 2.05) is 0 Å². The van der Waals surface area contributed by atoms with Crippen molar-refractivity contribution in [2.24, 2.45) is 0 Å². The van der Waals surface area contributed by atoms with E-state index in [2.05, 4.69) is 38.1 Å². The largest absolute Gasteiger partial charge is 1.00 e. The molecule has 1 heteroatoms. The molecule has 0 N–H and O–H groups in total. The van der Waals surface area contributed by atoms with Gasteiger partial charge in [-0.15, -0.1) is 12.1 Å². The Kier molecular flexibility index (Phi) is 13.4. The van der Waals surface area contributed by atoms with Gasteiger partial charge in [0.15, 0.2) is 0 Å². The van der Waals surface area contributed by atoms with Gasteiger partial charge in [0.05, 0.1) is 0 Å². The van der Waals surface area contributed by atoms with E-state index in [1.54, 1.807) is 0 Å². The zero-order valence-corrected chi connectivity index (χ0v) is 13.8. The van der Waals surface area contributed by atoms with E-state index in [1.165, 1.54) is 76.2 Å². The van der Waals surface area contributed by atoms with Gasteiger partial charge in [-0.1, -0.05) is 70.3 Å². The summed E-state index contributed by atoms with van der Waals surface area (Å²) in [6.07, 6.45) is 15.4. The van der Waals surface area contributed by atoms with Gasteiger partial charge in [-0.2, -0.15) is 24.6 Å². The molecule has 0 aliphatic rings. The third-order valence-electron chi connectivity index (χ3n) is 3.84. The van der Waals surface area contributed by atoms with Gasteiger partial charge in [0.25, 0.3) is 0 Å². The van der Waals surface area contributed by atoms with E-state index in [0.717, 1.165) is 5.56 Å². The molecule has 0 aliphatic heterocycles. The second-order valence-electron chi connectivity index (χ2n) is 5.75. The summed E-state index contributed by atoms with van der Waals surface area (Å²) in [5.41, 5.74) is 2.58. The molecular formula is C19H31Li. The van der Waals surface area contributed by atoms with Crippen molar-refractivity contribution < 1.29 is 18.9 Å². The normalized spacial score (nSPS) is 10.2. The van der Waals surface area contributed by atoms with Gasteiger partial charge in [-0.05, 0) is 12.8 Å². The number of unbranched alkanes of at least 4 members (excludes halogenated alkanes) is 9. The summed E-state index contributed by atoms with van der Waals surface area (Å²) < 4.78 is 0. The van der Waals surface area contributed by atoms with Gasteiger partial charge >= 0.3 is 18.9 Å². The predicted molar refractivity (Wildman–Crippen MR) is 86.4 cm³/mol. The van der Waals surface area contributed by atoms with Crippen LogP contribution in [-0.2, 0) is 6.42 Å². The van der Waals surface area contributed by atoms with Gasteiger partial charge in [0, 0.05) is 0 Å². The first-order valence-electron chi connectivity index (χ1n) is 8.24. The molecule has 20 heavy (non-hydrogen) atoms. The van der Waals surface area contributed by atoms with Gasteiger partial charge < -0.3 is 0 Å². The third kappa shape index (κ3) is 10.5. The second-order valence-corrected chi connectivity index (χ2v) is 5.75. The molecule has 0 bridgehead atoms. The first-order chi connectivity index (χ1) is 9.33. The molecule has 0 spiro atoms. The minimum absolute atomic E-state index is 0. The van der Waals surface area contributed by atoms with Gasteiger partial charge in [-0.3, -0.25) is 0 Å². The minimum atomic E-state index is 0. The second kappa shape index (κ2) is 13.7. The fourth-order valence-electron chi connectivity index (χ4n) is 2.52. The molecule has 0 heterocycles. The fourth-order valence-corrected chi connectivity index (χ4v) is 2.52. The van der Waals surface area contributed by atoms with Crippen molar-refractivity contribution >= 4 is 0 Å². The predicted octanol–water partition coefficient (Wildman–Crippen LogP) is 3.34. The Bertz CT molecular complexity index is 302. The van der Waals surface area contributed by atoms with Crippen LogP contribution in [0.5, 0.6) is 0 Å². The summed E-state index contributed by atoms with van der Waals surface area (Å²) >= 11 is 0. The Labute approximate surface area is 138 Å². The molecule has 0 atom stereocenters. The van der Waals surface area contributed by atoms with Crippen LogP contribution in [0.2, 0.25) is 0 Å². The standard InChI is InChI=1S/C19H31.Li/c1-3-4-5-6-7-8-9-10-11-12-13-19-16-14-18(2)15-17-19;/h14-17H,2-13H2,1H3;/q-1;+1. The van der Waals surface area contributed by atoms with Crippen LogP contribution < -0.4 is 18.9 Å². The monoisotopic (exact) mass is 266 g/mol. The molecule has 0 unspecified atom stereocenters. The van der Waals surface area contributed by atoms with Crippen molar-refractivity contribution in [3.8, 4) is 0 Å². The molecule has 0 nitrogen and oxygen atoms in total. The Morgan fingerprint density at radius 3 is 1.65 bits per heavy atom. The van der Waals surface area contributed by atoms with Crippen LogP contribution in [0.4, 0.5) is 0 Å². The molecule has 108 valence electrons. The van der Waals surface area contributed by atoms with Crippen LogP contribution in [0.25, 0.3) is 0 Å². The van der Waals surface area contributed by atoms with Gasteiger partial charge in [-0.25, -0.2) is 0 Å². The molecule has 0 aliphatic carbocycles. The maximum atomic E-state index is 3.92.